The number of carboxylic acids is 1. The number of nitrogens with one attached hydrogen (secondary N) is 1. The number of fused-ring (bicyclic) bond motifs is 2. The minimum absolute atomic E-state index is 0.124. The van der Waals surface area contributed by atoms with Crippen LogP contribution in [0.4, 0.5) is 5.69 Å². The molecule has 0 radical (unpaired) electrons. The topological polar surface area (TPSA) is 101 Å². The summed E-state index contributed by atoms with van der Waals surface area (Å²) in [6.45, 7) is 2.60. The van der Waals surface area contributed by atoms with Gasteiger partial charge in [0.1, 0.15) is 12.2 Å². The fourth-order valence-corrected chi connectivity index (χ4v) is 3.54. The number of anilines is 1. The van der Waals surface area contributed by atoms with Gasteiger partial charge in [-0.25, -0.2) is 4.98 Å². The highest BCUT2D eigenvalue weighted by Crippen LogP contribution is 2.28. The molecule has 1 aliphatic heterocycles. The Bertz CT molecular complexity index is 1240. The number of carbonyl (C=O) groups excluding carboxylic acids is 1. The quantitative estimate of drug-likeness (QED) is 0.668. The average Bonchev–Trinajstić information content (AvgIpc) is 3.04. The van der Waals surface area contributed by atoms with E-state index in [1.807, 2.05) is 31.2 Å². The number of amides is 1. The van der Waals surface area contributed by atoms with Crippen LogP contribution < -0.4 is 10.9 Å². The predicted molar refractivity (Wildman–Crippen MR) is 111 cm³/mol. The van der Waals surface area contributed by atoms with Crippen molar-refractivity contribution in [3.63, 3.8) is 0 Å². The summed E-state index contributed by atoms with van der Waals surface area (Å²) in [5, 5.41) is 11.7. The number of carboxylic acid groups (broad SMARTS) is 1. The Kier molecular flexibility index (Phi) is 4.72. The number of hydrogen-bond donors (Lipinski definition) is 2. The summed E-state index contributed by atoms with van der Waals surface area (Å²) in [5.74, 6) is -1.21. The first kappa shape index (κ1) is 18.6. The number of aryl methyl sites for hydroxylation is 1. The Labute approximate surface area is 166 Å². The molecule has 2 heterocycles. The van der Waals surface area contributed by atoms with Crippen LogP contribution in [0.1, 0.15) is 29.8 Å². The third-order valence-corrected chi connectivity index (χ3v) is 4.83. The number of nitrogens with zero attached hydrogens (tertiary/aromatic N) is 2. The molecule has 1 amide bonds. The molecule has 0 unspecified atom stereocenters. The van der Waals surface area contributed by atoms with Gasteiger partial charge in [-0.2, -0.15) is 0 Å². The SMILES string of the molecule is Cc1cccc(/C=C2\CCn3c2nc2cc(NC(=O)CC(=O)O)ccc2c3=O)c1. The van der Waals surface area contributed by atoms with Crippen molar-refractivity contribution in [3.8, 4) is 0 Å². The summed E-state index contributed by atoms with van der Waals surface area (Å²) in [6, 6.07) is 12.9. The Hall–Kier alpha value is -3.74. The van der Waals surface area contributed by atoms with Gasteiger partial charge in [-0.05, 0) is 48.8 Å². The summed E-state index contributed by atoms with van der Waals surface area (Å²) >= 11 is 0. The molecule has 0 saturated carbocycles. The number of allylic oxidation sites excluding steroid dienone is 1. The number of rotatable bonds is 4. The van der Waals surface area contributed by atoms with Crippen molar-refractivity contribution in [1.82, 2.24) is 9.55 Å². The van der Waals surface area contributed by atoms with E-state index in [1.165, 1.54) is 0 Å². The number of carbonyl (C=O) groups is 2. The van der Waals surface area contributed by atoms with E-state index >= 15 is 0 Å². The molecule has 0 fully saturated rings. The number of hydrogen-bond acceptors (Lipinski definition) is 4. The molecule has 0 atom stereocenters. The third-order valence-electron chi connectivity index (χ3n) is 4.83. The van der Waals surface area contributed by atoms with Gasteiger partial charge in [0.2, 0.25) is 5.91 Å². The van der Waals surface area contributed by atoms with Crippen molar-refractivity contribution in [1.29, 1.82) is 0 Å². The van der Waals surface area contributed by atoms with Gasteiger partial charge in [0.25, 0.3) is 5.56 Å². The van der Waals surface area contributed by atoms with E-state index in [1.54, 1.807) is 22.8 Å². The second-order valence-corrected chi connectivity index (χ2v) is 7.08. The lowest BCUT2D eigenvalue weighted by atomic mass is 10.1. The average molecular weight is 389 g/mol. The Balaban J connectivity index is 1.74. The van der Waals surface area contributed by atoms with Crippen LogP contribution in [0, 0.1) is 6.92 Å². The van der Waals surface area contributed by atoms with E-state index in [2.05, 4.69) is 16.4 Å². The van der Waals surface area contributed by atoms with Gasteiger partial charge in [0.05, 0.1) is 10.9 Å². The van der Waals surface area contributed by atoms with Crippen LogP contribution in [0.2, 0.25) is 0 Å². The zero-order chi connectivity index (χ0) is 20.5. The largest absolute Gasteiger partial charge is 0.481 e. The maximum Gasteiger partial charge on any atom is 0.312 e. The van der Waals surface area contributed by atoms with E-state index in [4.69, 9.17) is 5.11 Å². The molecular weight excluding hydrogens is 370 g/mol. The van der Waals surface area contributed by atoms with Crippen LogP contribution in [-0.2, 0) is 16.1 Å². The molecule has 2 aromatic carbocycles. The molecule has 0 aliphatic carbocycles. The first-order valence-electron chi connectivity index (χ1n) is 9.24. The van der Waals surface area contributed by atoms with E-state index in [0.29, 0.717) is 35.4 Å². The lowest BCUT2D eigenvalue weighted by molar-refractivity contribution is -0.139. The molecule has 0 spiro atoms. The zero-order valence-electron chi connectivity index (χ0n) is 15.8. The van der Waals surface area contributed by atoms with Gasteiger partial charge in [0.15, 0.2) is 0 Å². The number of aromatic nitrogens is 2. The van der Waals surface area contributed by atoms with E-state index in [-0.39, 0.29) is 5.56 Å². The molecule has 146 valence electrons. The normalized spacial score (nSPS) is 14.2. The summed E-state index contributed by atoms with van der Waals surface area (Å²) in [6.07, 6.45) is 2.14. The van der Waals surface area contributed by atoms with Crippen LogP contribution in [0.5, 0.6) is 0 Å². The van der Waals surface area contributed by atoms with E-state index in [0.717, 1.165) is 16.7 Å². The smallest absolute Gasteiger partial charge is 0.312 e. The Morgan fingerprint density at radius 1 is 1.24 bits per heavy atom. The van der Waals surface area contributed by atoms with Crippen molar-refractivity contribution < 1.29 is 14.7 Å². The van der Waals surface area contributed by atoms with Gasteiger partial charge in [-0.1, -0.05) is 29.8 Å². The van der Waals surface area contributed by atoms with Crippen LogP contribution in [0.15, 0.2) is 47.3 Å². The first-order valence-corrected chi connectivity index (χ1v) is 9.24. The van der Waals surface area contributed by atoms with Crippen LogP contribution in [0.3, 0.4) is 0 Å². The maximum atomic E-state index is 12.9. The molecule has 7 nitrogen and oxygen atoms in total. The van der Waals surface area contributed by atoms with Gasteiger partial charge < -0.3 is 10.4 Å². The highest BCUT2D eigenvalue weighted by atomic mass is 16.4. The summed E-state index contributed by atoms with van der Waals surface area (Å²) < 4.78 is 1.67. The molecule has 7 heteroatoms. The number of aliphatic carboxylic acids is 1. The molecule has 29 heavy (non-hydrogen) atoms. The molecule has 2 N–H and O–H groups in total. The van der Waals surface area contributed by atoms with Gasteiger partial charge >= 0.3 is 5.97 Å². The first-order chi connectivity index (χ1) is 13.9. The molecule has 1 aromatic heterocycles. The Morgan fingerprint density at radius 2 is 2.07 bits per heavy atom. The minimum Gasteiger partial charge on any atom is -0.481 e. The van der Waals surface area contributed by atoms with Gasteiger partial charge in [-0.3, -0.25) is 19.0 Å². The van der Waals surface area contributed by atoms with Crippen molar-refractivity contribution in [2.45, 2.75) is 26.3 Å². The third kappa shape index (κ3) is 3.80. The lowest BCUT2D eigenvalue weighted by Crippen LogP contribution is -2.21. The molecule has 3 aromatic rings. The molecule has 0 bridgehead atoms. The monoisotopic (exact) mass is 389 g/mol. The fraction of sp³-hybridized carbons (Fsp3) is 0.182. The lowest BCUT2D eigenvalue weighted by Gasteiger charge is -2.08. The molecule has 1 aliphatic rings. The maximum absolute atomic E-state index is 12.9. The summed E-state index contributed by atoms with van der Waals surface area (Å²) in [4.78, 5) is 39.9. The standard InChI is InChI=1S/C22H19N3O4/c1-13-3-2-4-14(9-13)10-15-7-8-25-21(15)24-18-11-16(5-6-17(18)22(25)29)23-19(26)12-20(27)28/h2-6,9-11H,7-8,12H2,1H3,(H,23,26)(H,27,28)/b15-10+. The molecular formula is C22H19N3O4. The van der Waals surface area contributed by atoms with Crippen LogP contribution in [0.25, 0.3) is 22.6 Å². The fourth-order valence-electron chi connectivity index (χ4n) is 3.54. The second-order valence-electron chi connectivity index (χ2n) is 7.08. The highest BCUT2D eigenvalue weighted by molar-refractivity contribution is 6.02. The molecule has 4 rings (SSSR count). The predicted octanol–water partition coefficient (Wildman–Crippen LogP) is 3.06. The minimum atomic E-state index is -1.21. The van der Waals surface area contributed by atoms with Crippen molar-refractivity contribution in [2.24, 2.45) is 0 Å². The van der Waals surface area contributed by atoms with Crippen molar-refractivity contribution >= 4 is 40.1 Å². The van der Waals surface area contributed by atoms with Gasteiger partial charge in [-0.15, -0.1) is 0 Å². The molecule has 0 saturated heterocycles. The van der Waals surface area contributed by atoms with Crippen LogP contribution >= 0.6 is 0 Å². The van der Waals surface area contributed by atoms with Crippen molar-refractivity contribution in [3.05, 3.63) is 69.8 Å². The highest BCUT2D eigenvalue weighted by Gasteiger charge is 2.21. The summed E-state index contributed by atoms with van der Waals surface area (Å²) in [5.41, 5.74) is 3.94. The Morgan fingerprint density at radius 3 is 2.83 bits per heavy atom. The zero-order valence-corrected chi connectivity index (χ0v) is 15.8. The van der Waals surface area contributed by atoms with Gasteiger partial charge in [0, 0.05) is 12.2 Å². The summed E-state index contributed by atoms with van der Waals surface area (Å²) in [7, 11) is 0. The second kappa shape index (κ2) is 7.35. The van der Waals surface area contributed by atoms with Crippen molar-refractivity contribution in [2.75, 3.05) is 5.32 Å². The van der Waals surface area contributed by atoms with E-state index < -0.39 is 18.3 Å². The van der Waals surface area contributed by atoms with E-state index in [9.17, 15) is 14.4 Å². The van der Waals surface area contributed by atoms with Crippen LogP contribution in [-0.4, -0.2) is 26.5 Å². The number of benzene rings is 2.